The van der Waals surface area contributed by atoms with Crippen LogP contribution < -0.4 is 0 Å². The molecule has 3 fully saturated rings. The fourth-order valence-electron chi connectivity index (χ4n) is 8.61. The van der Waals surface area contributed by atoms with Gasteiger partial charge in [-0.2, -0.15) is 0 Å². The van der Waals surface area contributed by atoms with E-state index in [0.717, 1.165) is 36.2 Å². The van der Waals surface area contributed by atoms with E-state index >= 15 is 0 Å². The molecule has 2 heterocycles. The van der Waals surface area contributed by atoms with Gasteiger partial charge in [-0.05, 0) is 105 Å². The van der Waals surface area contributed by atoms with Gasteiger partial charge in [0.1, 0.15) is 11.8 Å². The second kappa shape index (κ2) is 6.59. The zero-order valence-corrected chi connectivity index (χ0v) is 19.5. The summed E-state index contributed by atoms with van der Waals surface area (Å²) < 4.78 is 8.01. The van der Waals surface area contributed by atoms with Gasteiger partial charge in [0.2, 0.25) is 0 Å². The molecule has 0 aromatic carbocycles. The Kier molecular flexibility index (Phi) is 4.21. The number of fused-ring (bicyclic) bond motifs is 9. The van der Waals surface area contributed by atoms with Crippen molar-refractivity contribution < 1.29 is 9.53 Å². The van der Waals surface area contributed by atoms with E-state index in [1.807, 2.05) is 0 Å². The van der Waals surface area contributed by atoms with Gasteiger partial charge in [0.15, 0.2) is 0 Å². The average molecular weight is 421 g/mol. The van der Waals surface area contributed by atoms with Gasteiger partial charge in [-0.25, -0.2) is 4.98 Å². The summed E-state index contributed by atoms with van der Waals surface area (Å²) in [6.07, 6.45) is 12.1. The number of pyridine rings is 1. The van der Waals surface area contributed by atoms with Crippen LogP contribution in [-0.4, -0.2) is 21.5 Å². The minimum Gasteiger partial charge on any atom is -0.463 e. The van der Waals surface area contributed by atoms with Crippen molar-refractivity contribution in [3.63, 3.8) is 0 Å². The summed E-state index contributed by atoms with van der Waals surface area (Å²) in [6, 6.07) is 4.45. The number of aryl methyl sites for hydroxylation is 1. The van der Waals surface area contributed by atoms with Crippen LogP contribution in [0.3, 0.4) is 0 Å². The van der Waals surface area contributed by atoms with E-state index in [4.69, 9.17) is 9.72 Å². The second-order valence-corrected chi connectivity index (χ2v) is 11.7. The van der Waals surface area contributed by atoms with Crippen LogP contribution in [0.5, 0.6) is 0 Å². The highest BCUT2D eigenvalue weighted by Gasteiger charge is 2.60. The summed E-state index contributed by atoms with van der Waals surface area (Å²) in [6.45, 7) is 8.81. The van der Waals surface area contributed by atoms with E-state index in [1.54, 1.807) is 6.92 Å². The molecule has 31 heavy (non-hydrogen) atoms. The predicted molar refractivity (Wildman–Crippen MR) is 121 cm³/mol. The summed E-state index contributed by atoms with van der Waals surface area (Å²) in [5.41, 5.74) is 5.94. The number of aromatic nitrogens is 2. The Bertz CT molecular complexity index is 1060. The highest BCUT2D eigenvalue weighted by atomic mass is 16.5. The van der Waals surface area contributed by atoms with Crippen LogP contribution in [-0.2, 0) is 21.4 Å². The summed E-state index contributed by atoms with van der Waals surface area (Å²) in [5, 5.41) is 0. The van der Waals surface area contributed by atoms with Crippen LogP contribution in [0.4, 0.5) is 0 Å². The molecule has 166 valence electrons. The summed E-state index contributed by atoms with van der Waals surface area (Å²) in [7, 11) is 0. The first-order chi connectivity index (χ1) is 14.8. The highest BCUT2D eigenvalue weighted by Crippen LogP contribution is 2.65. The highest BCUT2D eigenvalue weighted by molar-refractivity contribution is 5.66. The molecule has 0 saturated heterocycles. The fraction of sp³-hybridized carbons (Fsp3) is 0.704. The first-order valence-corrected chi connectivity index (χ1v) is 12.4. The molecule has 0 spiro atoms. The first kappa shape index (κ1) is 19.8. The lowest BCUT2D eigenvalue weighted by atomic mass is 9.45. The van der Waals surface area contributed by atoms with Gasteiger partial charge < -0.3 is 9.14 Å². The lowest BCUT2D eigenvalue weighted by Crippen LogP contribution is -2.54. The maximum absolute atomic E-state index is 11.5. The van der Waals surface area contributed by atoms with E-state index in [1.165, 1.54) is 55.5 Å². The molecule has 0 aliphatic heterocycles. The molecule has 0 bridgehead atoms. The number of rotatable bonds is 1. The molecule has 3 saturated carbocycles. The third-order valence-corrected chi connectivity index (χ3v) is 10.2. The zero-order valence-electron chi connectivity index (χ0n) is 19.5. The number of hydrogen-bond donors (Lipinski definition) is 0. The lowest BCUT2D eigenvalue weighted by molar-refractivity contribution is -0.157. The number of esters is 1. The van der Waals surface area contributed by atoms with Gasteiger partial charge in [0.05, 0.1) is 5.69 Å². The molecule has 4 heteroatoms. The molecule has 0 radical (unpaired) electrons. The van der Waals surface area contributed by atoms with Crippen LogP contribution in [0.1, 0.15) is 82.7 Å². The van der Waals surface area contributed by atoms with Crippen molar-refractivity contribution in [3.8, 4) is 0 Å². The van der Waals surface area contributed by atoms with Gasteiger partial charge in [-0.1, -0.05) is 13.8 Å². The largest absolute Gasteiger partial charge is 0.463 e. The normalized spacial score (nSPS) is 41.2. The van der Waals surface area contributed by atoms with Gasteiger partial charge in [0.25, 0.3) is 0 Å². The molecule has 2 aromatic heterocycles. The smallest absolute Gasteiger partial charge is 0.302 e. The monoisotopic (exact) mass is 420 g/mol. The van der Waals surface area contributed by atoms with Crippen molar-refractivity contribution in [1.82, 2.24) is 9.38 Å². The van der Waals surface area contributed by atoms with Crippen molar-refractivity contribution >= 4 is 11.6 Å². The van der Waals surface area contributed by atoms with E-state index in [2.05, 4.69) is 43.5 Å². The van der Waals surface area contributed by atoms with Gasteiger partial charge in [0, 0.05) is 24.2 Å². The second-order valence-electron chi connectivity index (χ2n) is 11.7. The Balaban J connectivity index is 1.30. The van der Waals surface area contributed by atoms with Crippen molar-refractivity contribution in [3.05, 3.63) is 35.3 Å². The summed E-state index contributed by atoms with van der Waals surface area (Å²) >= 11 is 0. The Morgan fingerprint density at radius 1 is 1.16 bits per heavy atom. The Morgan fingerprint density at radius 2 is 2.00 bits per heavy atom. The Hall–Kier alpha value is -1.84. The Morgan fingerprint density at radius 3 is 2.81 bits per heavy atom. The molecule has 4 aliphatic carbocycles. The van der Waals surface area contributed by atoms with E-state index < -0.39 is 0 Å². The van der Waals surface area contributed by atoms with Crippen LogP contribution in [0.15, 0.2) is 18.3 Å². The molecule has 4 aliphatic rings. The molecule has 4 nitrogen and oxygen atoms in total. The van der Waals surface area contributed by atoms with Crippen molar-refractivity contribution in [1.29, 1.82) is 0 Å². The molecular formula is C27H36N2O2. The number of hydrogen-bond acceptors (Lipinski definition) is 3. The van der Waals surface area contributed by atoms with E-state index in [0.29, 0.717) is 11.3 Å². The average Bonchev–Trinajstić information content (AvgIpc) is 3.21. The molecule has 6 rings (SSSR count). The minimum absolute atomic E-state index is 0.112. The van der Waals surface area contributed by atoms with Crippen LogP contribution in [0, 0.1) is 36.0 Å². The molecule has 7 atom stereocenters. The van der Waals surface area contributed by atoms with Crippen LogP contribution >= 0.6 is 0 Å². The lowest BCUT2D eigenvalue weighted by Gasteiger charge is -2.60. The van der Waals surface area contributed by atoms with Gasteiger partial charge >= 0.3 is 5.97 Å². The third-order valence-electron chi connectivity index (χ3n) is 10.2. The Labute approximate surface area is 185 Å². The zero-order chi connectivity index (χ0) is 21.5. The topological polar surface area (TPSA) is 43.6 Å². The first-order valence-electron chi connectivity index (χ1n) is 12.4. The fourth-order valence-corrected chi connectivity index (χ4v) is 8.61. The molecule has 3 unspecified atom stereocenters. The number of carbonyl (C=O) groups excluding carboxylic acids is 1. The number of imidazole rings is 1. The molecule has 0 amide bonds. The van der Waals surface area contributed by atoms with Crippen molar-refractivity contribution in [2.24, 2.45) is 29.1 Å². The van der Waals surface area contributed by atoms with Crippen molar-refractivity contribution in [2.75, 3.05) is 0 Å². The van der Waals surface area contributed by atoms with Crippen molar-refractivity contribution in [2.45, 2.75) is 90.6 Å². The predicted octanol–water partition coefficient (Wildman–Crippen LogP) is 5.63. The van der Waals surface area contributed by atoms with Gasteiger partial charge in [-0.3, -0.25) is 4.79 Å². The summed E-state index contributed by atoms with van der Waals surface area (Å²) in [4.78, 5) is 16.7. The minimum atomic E-state index is -0.112. The number of nitrogens with zero attached hydrogens (tertiary/aromatic N) is 2. The molecule has 0 N–H and O–H groups in total. The maximum Gasteiger partial charge on any atom is 0.302 e. The van der Waals surface area contributed by atoms with E-state index in [9.17, 15) is 4.79 Å². The molecular weight excluding hydrogens is 384 g/mol. The number of ether oxygens (including phenoxy) is 1. The van der Waals surface area contributed by atoms with Gasteiger partial charge in [-0.15, -0.1) is 0 Å². The van der Waals surface area contributed by atoms with E-state index in [-0.39, 0.29) is 17.5 Å². The molecule has 2 aromatic rings. The maximum atomic E-state index is 11.5. The summed E-state index contributed by atoms with van der Waals surface area (Å²) in [5.74, 6) is 2.94. The number of carbonyl (C=O) groups is 1. The van der Waals surface area contributed by atoms with Crippen LogP contribution in [0.2, 0.25) is 0 Å². The van der Waals surface area contributed by atoms with Crippen LogP contribution in [0.25, 0.3) is 5.65 Å². The standard InChI is InChI=1S/C27H36N2O2/c1-16-9-12-29-23-15-22-20-6-5-18-14-19(31-17(2)30)7-10-26(18,3)21(20)8-11-27(22,4)25(23)28-24(29)13-16/h9,12-13,18-22H,5-8,10-11,14-15H2,1-4H3/t18-,19-,20?,21?,22?,26-,27-/m0/s1. The quantitative estimate of drug-likeness (QED) is 0.562. The SMILES string of the molecule is CC(=O)O[C@H]1CC[C@]2(C)C3CC[C@]4(C)c5nc6cc(C)ccn6c5CC4C3CC[C@H]2C1. The third kappa shape index (κ3) is 2.72.